The van der Waals surface area contributed by atoms with Gasteiger partial charge in [-0.15, -0.1) is 0 Å². The van der Waals surface area contributed by atoms with Gasteiger partial charge in [0.2, 0.25) is 5.91 Å². The van der Waals surface area contributed by atoms with Gasteiger partial charge < -0.3 is 5.11 Å². The monoisotopic (exact) mass is 286 g/mol. The molecule has 21 heavy (non-hydrogen) atoms. The highest BCUT2D eigenvalue weighted by Gasteiger charge is 2.27. The maximum absolute atomic E-state index is 11.9. The van der Waals surface area contributed by atoms with Gasteiger partial charge in [0.1, 0.15) is 12.1 Å². The van der Waals surface area contributed by atoms with E-state index in [1.165, 1.54) is 17.3 Å². The topological polar surface area (TPSA) is 112 Å². The summed E-state index contributed by atoms with van der Waals surface area (Å²) in [5.74, 6) is -1.17. The lowest BCUT2D eigenvalue weighted by molar-refractivity contribution is -0.120. The number of rotatable bonds is 2. The Hall–Kier alpha value is -3.03. The molecule has 0 radical (unpaired) electrons. The highest BCUT2D eigenvalue weighted by Crippen LogP contribution is 2.26. The zero-order chi connectivity index (χ0) is 15.0. The molecule has 1 saturated heterocycles. The van der Waals surface area contributed by atoms with Gasteiger partial charge in [0, 0.05) is 18.4 Å². The second-order valence-electron chi connectivity index (χ2n) is 4.46. The van der Waals surface area contributed by atoms with E-state index in [2.05, 4.69) is 15.3 Å². The Morgan fingerprint density at radius 2 is 2.10 bits per heavy atom. The Balaban J connectivity index is 2.16. The van der Waals surface area contributed by atoms with E-state index >= 15 is 0 Å². The van der Waals surface area contributed by atoms with Crippen LogP contribution >= 0.6 is 0 Å². The van der Waals surface area contributed by atoms with Crippen LogP contribution in [0.2, 0.25) is 0 Å². The number of carboxylic acids is 1. The Labute approximate surface area is 118 Å². The van der Waals surface area contributed by atoms with Crippen molar-refractivity contribution in [1.29, 1.82) is 0 Å². The second-order valence-corrected chi connectivity index (χ2v) is 4.46. The van der Waals surface area contributed by atoms with Crippen LogP contribution in [0.3, 0.4) is 0 Å². The van der Waals surface area contributed by atoms with Crippen molar-refractivity contribution in [3.05, 3.63) is 30.1 Å². The van der Waals surface area contributed by atoms with Gasteiger partial charge in [-0.2, -0.15) is 0 Å². The molecule has 2 N–H and O–H groups in total. The number of carbonyl (C=O) groups excluding carboxylic acids is 2. The fourth-order valence-corrected chi connectivity index (χ4v) is 2.23. The summed E-state index contributed by atoms with van der Waals surface area (Å²) in [5, 5.41) is 11.8. The summed E-state index contributed by atoms with van der Waals surface area (Å²) in [5.41, 5.74) is 0.282. The first-order valence-corrected chi connectivity index (χ1v) is 6.16. The summed E-state index contributed by atoms with van der Waals surface area (Å²) in [4.78, 5) is 43.6. The molecule has 0 spiro atoms. The SMILES string of the molecule is O=C1CCN(c2ncnc3c(C(=O)O)cccc23)C(=O)N1. The lowest BCUT2D eigenvalue weighted by Crippen LogP contribution is -2.50. The summed E-state index contributed by atoms with van der Waals surface area (Å²) < 4.78 is 0. The Morgan fingerprint density at radius 1 is 1.29 bits per heavy atom. The average molecular weight is 286 g/mol. The zero-order valence-corrected chi connectivity index (χ0v) is 10.7. The Morgan fingerprint density at radius 3 is 2.81 bits per heavy atom. The number of hydrogen-bond donors (Lipinski definition) is 2. The van der Waals surface area contributed by atoms with Crippen molar-refractivity contribution in [2.45, 2.75) is 6.42 Å². The van der Waals surface area contributed by atoms with E-state index in [4.69, 9.17) is 0 Å². The van der Waals surface area contributed by atoms with E-state index in [-0.39, 0.29) is 35.8 Å². The fraction of sp³-hybridized carbons (Fsp3) is 0.154. The number of aromatic nitrogens is 2. The maximum Gasteiger partial charge on any atom is 0.337 e. The van der Waals surface area contributed by atoms with Gasteiger partial charge >= 0.3 is 12.0 Å². The van der Waals surface area contributed by atoms with E-state index in [1.807, 2.05) is 0 Å². The molecule has 2 heterocycles. The molecule has 1 aliphatic heterocycles. The second kappa shape index (κ2) is 4.82. The Kier molecular flexibility index (Phi) is 2.98. The highest BCUT2D eigenvalue weighted by molar-refractivity contribution is 6.11. The molecule has 8 nitrogen and oxygen atoms in total. The molecule has 1 fully saturated rings. The quantitative estimate of drug-likeness (QED) is 0.843. The summed E-state index contributed by atoms with van der Waals surface area (Å²) >= 11 is 0. The number of aromatic carboxylic acids is 1. The van der Waals surface area contributed by atoms with Gasteiger partial charge in [0.05, 0.1) is 11.1 Å². The molecule has 1 aromatic heterocycles. The fourth-order valence-electron chi connectivity index (χ4n) is 2.23. The number of carboxylic acid groups (broad SMARTS) is 1. The smallest absolute Gasteiger partial charge is 0.337 e. The molecule has 0 atom stereocenters. The molecule has 0 aliphatic carbocycles. The summed E-state index contributed by atoms with van der Waals surface area (Å²) in [6.45, 7) is 0.189. The minimum Gasteiger partial charge on any atom is -0.478 e. The standard InChI is InChI=1S/C13H10N4O4/c18-9-4-5-17(13(21)16-9)11-7-2-1-3-8(12(19)20)10(7)14-6-15-11/h1-3,6H,4-5H2,(H,19,20)(H,16,18,21). The lowest BCUT2D eigenvalue weighted by atomic mass is 10.1. The van der Waals surface area contributed by atoms with Crippen LogP contribution in [-0.4, -0.2) is 39.5 Å². The molecule has 2 aromatic rings. The molecule has 1 aromatic carbocycles. The largest absolute Gasteiger partial charge is 0.478 e. The molecule has 0 unspecified atom stereocenters. The highest BCUT2D eigenvalue weighted by atomic mass is 16.4. The third kappa shape index (κ3) is 2.16. The van der Waals surface area contributed by atoms with Crippen molar-refractivity contribution in [1.82, 2.24) is 15.3 Å². The number of amides is 3. The van der Waals surface area contributed by atoms with Crippen LogP contribution in [0.15, 0.2) is 24.5 Å². The van der Waals surface area contributed by atoms with E-state index in [9.17, 15) is 19.5 Å². The van der Waals surface area contributed by atoms with Crippen LogP contribution < -0.4 is 10.2 Å². The van der Waals surface area contributed by atoms with Crippen molar-refractivity contribution >= 4 is 34.6 Å². The Bertz CT molecular complexity index is 774. The van der Waals surface area contributed by atoms with Gasteiger partial charge in [-0.3, -0.25) is 15.0 Å². The first-order chi connectivity index (χ1) is 10.1. The first-order valence-electron chi connectivity index (χ1n) is 6.16. The number of anilines is 1. The van der Waals surface area contributed by atoms with Crippen LogP contribution in [0, 0.1) is 0 Å². The molecule has 3 amide bonds. The van der Waals surface area contributed by atoms with Gasteiger partial charge in [-0.1, -0.05) is 6.07 Å². The van der Waals surface area contributed by atoms with E-state index in [0.29, 0.717) is 5.39 Å². The molecule has 0 saturated carbocycles. The molecule has 106 valence electrons. The van der Waals surface area contributed by atoms with Crippen LogP contribution in [0.1, 0.15) is 16.8 Å². The molecule has 0 bridgehead atoms. The number of nitrogens with one attached hydrogen (secondary N) is 1. The summed E-state index contributed by atoms with van der Waals surface area (Å²) in [6, 6.07) is 4.06. The normalized spacial score (nSPS) is 15.1. The summed E-state index contributed by atoms with van der Waals surface area (Å²) in [7, 11) is 0. The number of nitrogens with zero attached hydrogens (tertiary/aromatic N) is 3. The van der Waals surface area contributed by atoms with Gasteiger partial charge in [0.25, 0.3) is 0 Å². The van der Waals surface area contributed by atoms with E-state index in [1.54, 1.807) is 12.1 Å². The predicted octanol–water partition coefficient (Wildman–Crippen LogP) is 0.774. The number of urea groups is 1. The van der Waals surface area contributed by atoms with Crippen molar-refractivity contribution < 1.29 is 19.5 Å². The molecular formula is C13H10N4O4. The first kappa shape index (κ1) is 13.0. The number of imide groups is 1. The minimum atomic E-state index is -1.11. The van der Waals surface area contributed by atoms with Crippen molar-refractivity contribution in [2.24, 2.45) is 0 Å². The van der Waals surface area contributed by atoms with Crippen molar-refractivity contribution in [3.8, 4) is 0 Å². The van der Waals surface area contributed by atoms with Crippen LogP contribution in [-0.2, 0) is 4.79 Å². The van der Waals surface area contributed by atoms with E-state index < -0.39 is 12.0 Å². The average Bonchev–Trinajstić information content (AvgIpc) is 2.46. The minimum absolute atomic E-state index is 0.0321. The van der Waals surface area contributed by atoms with Gasteiger partial charge in [-0.05, 0) is 12.1 Å². The number of fused-ring (bicyclic) bond motifs is 1. The van der Waals surface area contributed by atoms with Gasteiger partial charge in [-0.25, -0.2) is 19.6 Å². The number of benzene rings is 1. The lowest BCUT2D eigenvalue weighted by Gasteiger charge is -2.26. The van der Waals surface area contributed by atoms with Crippen molar-refractivity contribution in [2.75, 3.05) is 11.4 Å². The summed E-state index contributed by atoms with van der Waals surface area (Å²) in [6.07, 6.45) is 1.36. The van der Waals surface area contributed by atoms with Crippen molar-refractivity contribution in [3.63, 3.8) is 0 Å². The van der Waals surface area contributed by atoms with Gasteiger partial charge in [0.15, 0.2) is 0 Å². The third-order valence-electron chi connectivity index (χ3n) is 3.18. The zero-order valence-electron chi connectivity index (χ0n) is 10.7. The van der Waals surface area contributed by atoms with Crippen LogP contribution in [0.4, 0.5) is 10.6 Å². The maximum atomic E-state index is 11.9. The molecular weight excluding hydrogens is 276 g/mol. The number of hydrogen-bond acceptors (Lipinski definition) is 5. The molecule has 8 heteroatoms. The third-order valence-corrected chi connectivity index (χ3v) is 3.18. The molecule has 1 aliphatic rings. The molecule has 3 rings (SSSR count). The van der Waals surface area contributed by atoms with E-state index in [0.717, 1.165) is 0 Å². The predicted molar refractivity (Wildman–Crippen MR) is 72.0 cm³/mol. The van der Waals surface area contributed by atoms with Crippen LogP contribution in [0.5, 0.6) is 0 Å². The number of para-hydroxylation sites is 1. The number of carbonyl (C=O) groups is 3. The van der Waals surface area contributed by atoms with Crippen LogP contribution in [0.25, 0.3) is 10.9 Å².